The normalized spacial score (nSPS) is 25.5. The third-order valence-corrected chi connectivity index (χ3v) is 7.43. The van der Waals surface area contributed by atoms with Gasteiger partial charge in [0.15, 0.2) is 0 Å². The maximum atomic E-state index is 12.8. The van der Waals surface area contributed by atoms with Crippen LogP contribution in [0.5, 0.6) is 0 Å². The number of fused-ring (bicyclic) bond motifs is 1. The lowest BCUT2D eigenvalue weighted by molar-refractivity contribution is -0.122. The fraction of sp³-hybridized carbons (Fsp3) is 0.333. The molecule has 0 unspecified atom stereocenters. The van der Waals surface area contributed by atoms with Crippen LogP contribution in [0.2, 0.25) is 0 Å². The Kier molecular flexibility index (Phi) is 4.38. The van der Waals surface area contributed by atoms with Crippen molar-refractivity contribution in [2.24, 2.45) is 17.8 Å². The number of carbonyl (C=O) groups is 2. The summed E-state index contributed by atoms with van der Waals surface area (Å²) in [5, 5.41) is 0. The fourth-order valence-corrected chi connectivity index (χ4v) is 5.44. The molecule has 27 heavy (non-hydrogen) atoms. The van der Waals surface area contributed by atoms with Crippen molar-refractivity contribution in [3.05, 3.63) is 54.6 Å². The number of anilines is 1. The SMILES string of the molecule is C[C@H]1CC[C@@H]2C(=O)N(c3ccc(S(=O)(=O)c4ccccc4)cc3)C(=O)[C@@H]2C1. The van der Waals surface area contributed by atoms with E-state index in [1.165, 1.54) is 17.0 Å². The molecule has 140 valence electrons. The van der Waals surface area contributed by atoms with Crippen molar-refractivity contribution in [1.82, 2.24) is 0 Å². The van der Waals surface area contributed by atoms with Gasteiger partial charge < -0.3 is 0 Å². The maximum absolute atomic E-state index is 12.8. The number of amides is 2. The van der Waals surface area contributed by atoms with Crippen molar-refractivity contribution >= 4 is 27.3 Å². The summed E-state index contributed by atoms with van der Waals surface area (Å²) >= 11 is 0. The van der Waals surface area contributed by atoms with Crippen LogP contribution in [0, 0.1) is 17.8 Å². The van der Waals surface area contributed by atoms with Crippen molar-refractivity contribution in [3.8, 4) is 0 Å². The van der Waals surface area contributed by atoms with Crippen LogP contribution in [0.25, 0.3) is 0 Å². The van der Waals surface area contributed by atoms with Crippen LogP contribution in [0.15, 0.2) is 64.4 Å². The van der Waals surface area contributed by atoms with E-state index in [-0.39, 0.29) is 33.4 Å². The summed E-state index contributed by atoms with van der Waals surface area (Å²) in [4.78, 5) is 27.1. The molecule has 2 aliphatic rings. The highest BCUT2D eigenvalue weighted by Crippen LogP contribution is 2.42. The van der Waals surface area contributed by atoms with Gasteiger partial charge in [-0.2, -0.15) is 0 Å². The quantitative estimate of drug-likeness (QED) is 0.761. The van der Waals surface area contributed by atoms with E-state index in [1.807, 2.05) is 0 Å². The average molecular weight is 383 g/mol. The first-order valence-electron chi connectivity index (χ1n) is 9.17. The molecule has 0 radical (unpaired) electrons. The van der Waals surface area contributed by atoms with Crippen LogP contribution in [-0.2, 0) is 19.4 Å². The fourth-order valence-electron chi connectivity index (χ4n) is 4.15. The van der Waals surface area contributed by atoms with Gasteiger partial charge in [0.1, 0.15) is 0 Å². The second-order valence-corrected chi connectivity index (χ2v) is 9.40. The molecule has 6 heteroatoms. The zero-order chi connectivity index (χ0) is 19.2. The molecule has 2 aromatic carbocycles. The Hall–Kier alpha value is -2.47. The van der Waals surface area contributed by atoms with E-state index in [1.54, 1.807) is 42.5 Å². The lowest BCUT2D eigenvalue weighted by atomic mass is 9.76. The number of sulfone groups is 1. The van der Waals surface area contributed by atoms with Crippen LogP contribution in [0.3, 0.4) is 0 Å². The Labute approximate surface area is 158 Å². The minimum Gasteiger partial charge on any atom is -0.274 e. The summed E-state index contributed by atoms with van der Waals surface area (Å²) in [5.41, 5.74) is 0.444. The Morgan fingerprint density at radius 3 is 2.07 bits per heavy atom. The summed E-state index contributed by atoms with van der Waals surface area (Å²) in [6.07, 6.45) is 2.45. The first-order valence-corrected chi connectivity index (χ1v) is 10.7. The second kappa shape index (κ2) is 6.60. The van der Waals surface area contributed by atoms with Gasteiger partial charge in [-0.15, -0.1) is 0 Å². The van der Waals surface area contributed by atoms with Gasteiger partial charge in [-0.25, -0.2) is 8.42 Å². The molecule has 1 aliphatic heterocycles. The molecule has 1 saturated carbocycles. The molecule has 2 aromatic rings. The number of nitrogens with zero attached hydrogens (tertiary/aromatic N) is 1. The minimum absolute atomic E-state index is 0.141. The predicted octanol–water partition coefficient (Wildman–Crippen LogP) is 3.45. The molecule has 2 fully saturated rings. The summed E-state index contributed by atoms with van der Waals surface area (Å²) in [5.74, 6) is -0.345. The predicted molar refractivity (Wildman–Crippen MR) is 101 cm³/mol. The Bertz CT molecular complexity index is 983. The third-order valence-electron chi connectivity index (χ3n) is 5.65. The number of hydrogen-bond donors (Lipinski definition) is 0. The standard InChI is InChI=1S/C21H21NO4S/c1-14-7-12-18-19(13-14)21(24)22(20(18)23)15-8-10-17(11-9-15)27(25,26)16-5-3-2-4-6-16/h2-6,8-11,14,18-19H,7,12-13H2,1H3/t14-,18-,19+/m0/s1. The zero-order valence-corrected chi connectivity index (χ0v) is 15.9. The third kappa shape index (κ3) is 2.98. The number of rotatable bonds is 3. The molecule has 0 spiro atoms. The smallest absolute Gasteiger partial charge is 0.237 e. The first-order chi connectivity index (χ1) is 12.9. The molecule has 0 aromatic heterocycles. The molecular weight excluding hydrogens is 362 g/mol. The Morgan fingerprint density at radius 1 is 0.815 bits per heavy atom. The van der Waals surface area contributed by atoms with Crippen molar-refractivity contribution in [1.29, 1.82) is 0 Å². The zero-order valence-electron chi connectivity index (χ0n) is 15.0. The van der Waals surface area contributed by atoms with E-state index in [0.29, 0.717) is 11.6 Å². The van der Waals surface area contributed by atoms with Gasteiger partial charge >= 0.3 is 0 Å². The van der Waals surface area contributed by atoms with Gasteiger partial charge in [-0.3, -0.25) is 14.5 Å². The molecule has 4 rings (SSSR count). The summed E-state index contributed by atoms with van der Waals surface area (Å²) in [6.45, 7) is 2.11. The van der Waals surface area contributed by atoms with Crippen LogP contribution in [-0.4, -0.2) is 20.2 Å². The van der Waals surface area contributed by atoms with Crippen molar-refractivity contribution in [2.45, 2.75) is 36.0 Å². The van der Waals surface area contributed by atoms with Crippen LogP contribution < -0.4 is 4.90 Å². The van der Waals surface area contributed by atoms with E-state index < -0.39 is 9.84 Å². The van der Waals surface area contributed by atoms with Gasteiger partial charge in [0.2, 0.25) is 21.7 Å². The molecule has 1 aliphatic carbocycles. The van der Waals surface area contributed by atoms with E-state index in [0.717, 1.165) is 19.3 Å². The second-order valence-electron chi connectivity index (χ2n) is 7.45. The molecule has 0 N–H and O–H groups in total. The molecule has 2 amide bonds. The van der Waals surface area contributed by atoms with Crippen LogP contribution in [0.4, 0.5) is 5.69 Å². The van der Waals surface area contributed by atoms with Crippen molar-refractivity contribution < 1.29 is 18.0 Å². The van der Waals surface area contributed by atoms with Gasteiger partial charge in [0.05, 0.1) is 27.3 Å². The highest BCUT2D eigenvalue weighted by molar-refractivity contribution is 7.91. The number of carbonyl (C=O) groups excluding carboxylic acids is 2. The highest BCUT2D eigenvalue weighted by Gasteiger charge is 2.49. The molecule has 1 saturated heterocycles. The van der Waals surface area contributed by atoms with Gasteiger partial charge in [0, 0.05) is 0 Å². The monoisotopic (exact) mass is 383 g/mol. The van der Waals surface area contributed by atoms with Gasteiger partial charge in [-0.05, 0) is 61.6 Å². The van der Waals surface area contributed by atoms with Crippen molar-refractivity contribution in [2.75, 3.05) is 4.90 Å². The minimum atomic E-state index is -3.62. The molecular formula is C21H21NO4S. The molecule has 1 heterocycles. The summed E-state index contributed by atoms with van der Waals surface area (Å²) in [7, 11) is -3.62. The van der Waals surface area contributed by atoms with E-state index in [9.17, 15) is 18.0 Å². The molecule has 3 atom stereocenters. The lowest BCUT2D eigenvalue weighted by Gasteiger charge is -2.25. The topological polar surface area (TPSA) is 71.5 Å². The van der Waals surface area contributed by atoms with Gasteiger partial charge in [0.25, 0.3) is 0 Å². The summed E-state index contributed by atoms with van der Waals surface area (Å²) in [6, 6.07) is 14.2. The van der Waals surface area contributed by atoms with Crippen LogP contribution >= 0.6 is 0 Å². The number of hydrogen-bond acceptors (Lipinski definition) is 4. The first kappa shape index (κ1) is 17.9. The number of imide groups is 1. The van der Waals surface area contributed by atoms with E-state index in [4.69, 9.17) is 0 Å². The molecule has 0 bridgehead atoms. The largest absolute Gasteiger partial charge is 0.274 e. The van der Waals surface area contributed by atoms with Gasteiger partial charge in [-0.1, -0.05) is 25.1 Å². The Morgan fingerprint density at radius 2 is 1.41 bits per heavy atom. The van der Waals surface area contributed by atoms with Crippen LogP contribution in [0.1, 0.15) is 26.2 Å². The van der Waals surface area contributed by atoms with Crippen molar-refractivity contribution in [3.63, 3.8) is 0 Å². The number of benzene rings is 2. The maximum Gasteiger partial charge on any atom is 0.237 e. The average Bonchev–Trinajstić information content (AvgIpc) is 2.92. The Balaban J connectivity index is 1.63. The van der Waals surface area contributed by atoms with E-state index in [2.05, 4.69) is 6.92 Å². The lowest BCUT2D eigenvalue weighted by Crippen LogP contribution is -2.30. The van der Waals surface area contributed by atoms with E-state index >= 15 is 0 Å². The summed E-state index contributed by atoms with van der Waals surface area (Å²) < 4.78 is 25.4. The highest BCUT2D eigenvalue weighted by atomic mass is 32.2. The molecule has 5 nitrogen and oxygen atoms in total.